The third kappa shape index (κ3) is 6.40. The minimum absolute atomic E-state index is 0.0738. The van der Waals surface area contributed by atoms with Gasteiger partial charge < -0.3 is 24.6 Å². The fraction of sp³-hybridized carbons (Fsp3) is 0.385. The van der Waals surface area contributed by atoms with Crippen molar-refractivity contribution in [2.24, 2.45) is 0 Å². The molecule has 2 aromatic rings. The Kier molecular flexibility index (Phi) is 8.57. The minimum Gasteiger partial charge on any atom is -0.617 e. The summed E-state index contributed by atoms with van der Waals surface area (Å²) < 4.78 is 17.6. The normalized spacial score (nSPS) is 19.8. The Bertz CT molecular complexity index is 1280. The van der Waals surface area contributed by atoms with E-state index < -0.39 is 40.9 Å². The number of rotatable bonds is 7. The molecule has 4 amide bonds. The quantitative estimate of drug-likeness (QED) is 0.427. The van der Waals surface area contributed by atoms with Crippen molar-refractivity contribution in [3.63, 3.8) is 0 Å². The number of amides is 4. The number of anilines is 2. The number of fused-ring (bicyclic) bond motifs is 2. The second kappa shape index (κ2) is 11.7. The van der Waals surface area contributed by atoms with Crippen LogP contribution in [-0.4, -0.2) is 76.7 Å². The van der Waals surface area contributed by atoms with Gasteiger partial charge in [-0.05, 0) is 55.3 Å². The molecule has 13 heteroatoms. The SMILES string of the molecule is CN(C(=O)O)c1ccc(C(=O)N[C@@H](CC[S+](C)[O-])C(=O)N2CCC[C@@]3(C2)OC(=O)Nc2ccc(Cl)cc23)cc1. The lowest BCUT2D eigenvalue weighted by Gasteiger charge is -2.45. The number of hydrogen-bond acceptors (Lipinski definition) is 6. The number of carboxylic acid groups (broad SMARTS) is 1. The van der Waals surface area contributed by atoms with E-state index in [0.29, 0.717) is 41.3 Å². The van der Waals surface area contributed by atoms with Crippen LogP contribution in [0.2, 0.25) is 5.02 Å². The summed E-state index contributed by atoms with van der Waals surface area (Å²) in [6.45, 7) is 0.462. The van der Waals surface area contributed by atoms with E-state index in [9.17, 15) is 23.7 Å². The average Bonchev–Trinajstić information content (AvgIpc) is 2.90. The van der Waals surface area contributed by atoms with Gasteiger partial charge in [-0.3, -0.25) is 19.8 Å². The van der Waals surface area contributed by atoms with E-state index in [1.807, 2.05) is 0 Å². The van der Waals surface area contributed by atoms with E-state index in [1.165, 1.54) is 37.6 Å². The number of nitrogens with one attached hydrogen (secondary N) is 2. The highest BCUT2D eigenvalue weighted by atomic mass is 35.5. The minimum atomic E-state index is -1.20. The topological polar surface area (TPSA) is 151 Å². The molecule has 0 radical (unpaired) electrons. The summed E-state index contributed by atoms with van der Waals surface area (Å²) in [7, 11) is 1.38. The van der Waals surface area contributed by atoms with Gasteiger partial charge in [0.05, 0.1) is 18.5 Å². The number of piperidine rings is 1. The maximum atomic E-state index is 13.7. The molecule has 3 N–H and O–H groups in total. The lowest BCUT2D eigenvalue weighted by Crippen LogP contribution is -2.57. The molecule has 1 unspecified atom stereocenters. The summed E-state index contributed by atoms with van der Waals surface area (Å²) in [5, 5.41) is 15.0. The molecule has 2 aromatic carbocycles. The van der Waals surface area contributed by atoms with Gasteiger partial charge in [-0.2, -0.15) is 0 Å². The second-order valence-electron chi connectivity index (χ2n) is 9.54. The Morgan fingerprint density at radius 3 is 2.67 bits per heavy atom. The van der Waals surface area contributed by atoms with Crippen molar-refractivity contribution in [1.82, 2.24) is 10.2 Å². The van der Waals surface area contributed by atoms with Gasteiger partial charge >= 0.3 is 12.2 Å². The van der Waals surface area contributed by atoms with Crippen LogP contribution in [0.15, 0.2) is 42.5 Å². The Morgan fingerprint density at radius 2 is 2.00 bits per heavy atom. The maximum Gasteiger partial charge on any atom is 0.412 e. The zero-order valence-corrected chi connectivity index (χ0v) is 23.0. The van der Waals surface area contributed by atoms with Crippen LogP contribution in [0.4, 0.5) is 21.0 Å². The summed E-state index contributed by atoms with van der Waals surface area (Å²) in [4.78, 5) is 52.9. The highest BCUT2D eigenvalue weighted by molar-refractivity contribution is 7.90. The molecule has 0 saturated carbocycles. The van der Waals surface area contributed by atoms with Crippen LogP contribution in [0, 0.1) is 0 Å². The molecule has 2 aliphatic rings. The lowest BCUT2D eigenvalue weighted by atomic mass is 9.83. The van der Waals surface area contributed by atoms with Crippen molar-refractivity contribution >= 4 is 58.2 Å². The Hall–Kier alpha value is -3.48. The van der Waals surface area contributed by atoms with E-state index in [0.717, 1.165) is 4.90 Å². The van der Waals surface area contributed by atoms with Gasteiger partial charge in [-0.1, -0.05) is 22.8 Å². The van der Waals surface area contributed by atoms with E-state index in [2.05, 4.69) is 10.6 Å². The summed E-state index contributed by atoms with van der Waals surface area (Å²) in [5.74, 6) is -0.722. The first-order valence-corrected chi connectivity index (χ1v) is 14.4. The summed E-state index contributed by atoms with van der Waals surface area (Å²) >= 11 is 5.03. The van der Waals surface area contributed by atoms with Crippen molar-refractivity contribution in [3.05, 3.63) is 58.6 Å². The van der Waals surface area contributed by atoms with Crippen LogP contribution in [-0.2, 0) is 26.3 Å². The smallest absolute Gasteiger partial charge is 0.412 e. The molecule has 1 fully saturated rings. The Labute approximate surface area is 233 Å². The van der Waals surface area contributed by atoms with E-state index in [4.69, 9.17) is 21.4 Å². The number of nitrogens with zero attached hydrogens (tertiary/aromatic N) is 2. The molecule has 11 nitrogen and oxygen atoms in total. The van der Waals surface area contributed by atoms with E-state index >= 15 is 0 Å². The zero-order chi connectivity index (χ0) is 28.3. The van der Waals surface area contributed by atoms with Crippen LogP contribution in [0.1, 0.15) is 35.2 Å². The number of benzene rings is 2. The van der Waals surface area contributed by atoms with Gasteiger partial charge in [0.15, 0.2) is 5.60 Å². The molecule has 3 atom stereocenters. The van der Waals surface area contributed by atoms with Crippen LogP contribution in [0.5, 0.6) is 0 Å². The first kappa shape index (κ1) is 28.5. The summed E-state index contributed by atoms with van der Waals surface area (Å²) in [6, 6.07) is 10.0. The van der Waals surface area contributed by atoms with Gasteiger partial charge in [0.2, 0.25) is 5.91 Å². The largest absolute Gasteiger partial charge is 0.617 e. The van der Waals surface area contributed by atoms with Crippen molar-refractivity contribution in [2.75, 3.05) is 42.4 Å². The lowest BCUT2D eigenvalue weighted by molar-refractivity contribution is -0.141. The van der Waals surface area contributed by atoms with Crippen molar-refractivity contribution in [2.45, 2.75) is 30.9 Å². The van der Waals surface area contributed by atoms with Gasteiger partial charge in [0.1, 0.15) is 11.8 Å². The predicted octanol–water partition coefficient (Wildman–Crippen LogP) is 3.40. The van der Waals surface area contributed by atoms with Crippen LogP contribution in [0.3, 0.4) is 0 Å². The Balaban J connectivity index is 1.55. The molecule has 0 bridgehead atoms. The second-order valence-corrected chi connectivity index (χ2v) is 11.5. The third-order valence-electron chi connectivity index (χ3n) is 6.86. The summed E-state index contributed by atoms with van der Waals surface area (Å²) in [6.07, 6.45) is 0.929. The van der Waals surface area contributed by atoms with Crippen LogP contribution >= 0.6 is 11.6 Å². The molecule has 2 aliphatic heterocycles. The first-order chi connectivity index (χ1) is 18.5. The van der Waals surface area contributed by atoms with Crippen molar-refractivity contribution < 1.29 is 33.6 Å². The number of halogens is 1. The molecule has 39 heavy (non-hydrogen) atoms. The maximum absolute atomic E-state index is 13.7. The molecule has 4 rings (SSSR count). The predicted molar refractivity (Wildman–Crippen MR) is 147 cm³/mol. The van der Waals surface area contributed by atoms with Gasteiger partial charge in [-0.15, -0.1) is 0 Å². The molecule has 1 spiro atoms. The van der Waals surface area contributed by atoms with Gasteiger partial charge in [0.25, 0.3) is 5.91 Å². The number of hydrogen-bond donors (Lipinski definition) is 3. The molecule has 208 valence electrons. The zero-order valence-electron chi connectivity index (χ0n) is 21.4. The highest BCUT2D eigenvalue weighted by Gasteiger charge is 2.47. The average molecular weight is 577 g/mol. The number of ether oxygens (including phenoxy) is 1. The first-order valence-electron chi connectivity index (χ1n) is 12.3. The Morgan fingerprint density at radius 1 is 1.28 bits per heavy atom. The number of likely N-dealkylation sites (tertiary alicyclic amines) is 1. The highest BCUT2D eigenvalue weighted by Crippen LogP contribution is 2.43. The fourth-order valence-corrected chi connectivity index (χ4v) is 5.57. The monoisotopic (exact) mass is 576 g/mol. The van der Waals surface area contributed by atoms with Gasteiger partial charge in [-0.25, -0.2) is 9.59 Å². The molecule has 0 aromatic heterocycles. The fourth-order valence-electron chi connectivity index (χ4n) is 4.83. The molecular formula is C26H29ClN4O7S. The van der Waals surface area contributed by atoms with Crippen LogP contribution in [0.25, 0.3) is 0 Å². The standard InChI is InChI=1S/C26H29ClN4O7S/c1-30(25(35)36)18-7-4-16(5-8-18)22(32)28-21(10-13-39(2)37)23(33)31-12-3-11-26(15-31)19-14-17(27)6-9-20(19)29-24(34)38-26/h4-9,14,21H,3,10-13,15H2,1-2H3,(H,28,32)(H,29,34)(H,35,36)/t21-,26-,39?/m0/s1. The van der Waals surface area contributed by atoms with Crippen LogP contribution < -0.4 is 15.5 Å². The van der Waals surface area contributed by atoms with Crippen molar-refractivity contribution in [1.29, 1.82) is 0 Å². The third-order valence-corrected chi connectivity index (χ3v) is 7.91. The molecule has 0 aliphatic carbocycles. The van der Waals surface area contributed by atoms with Gasteiger partial charge in [0, 0.05) is 41.9 Å². The summed E-state index contributed by atoms with van der Waals surface area (Å²) in [5.41, 5.74) is 0.759. The van der Waals surface area contributed by atoms with E-state index in [-0.39, 0.29) is 30.2 Å². The number of carbonyl (C=O) groups excluding carboxylic acids is 3. The molecule has 1 saturated heterocycles. The number of carbonyl (C=O) groups is 4. The van der Waals surface area contributed by atoms with Crippen molar-refractivity contribution in [3.8, 4) is 0 Å². The molecular weight excluding hydrogens is 548 g/mol. The molecule has 2 heterocycles. The van der Waals surface area contributed by atoms with E-state index in [1.54, 1.807) is 23.1 Å².